The first-order valence-electron chi connectivity index (χ1n) is 3.47. The highest BCUT2D eigenvalue weighted by atomic mass is 32.2. The lowest BCUT2D eigenvalue weighted by Gasteiger charge is -1.97. The number of hydrogen-bond acceptors (Lipinski definition) is 1. The minimum atomic E-state index is -1.81. The topological polar surface area (TPSA) is 37.3 Å². The van der Waals surface area contributed by atoms with Gasteiger partial charge < -0.3 is 4.55 Å². The van der Waals surface area contributed by atoms with Gasteiger partial charge in [-0.2, -0.15) is 0 Å². The third kappa shape index (κ3) is 4.70. The Hall–Kier alpha value is -0.150. The fraction of sp³-hybridized carbons (Fsp3) is 0.714. The molecule has 10 heavy (non-hydrogen) atoms. The van der Waals surface area contributed by atoms with Gasteiger partial charge in [0.15, 0.2) is 11.1 Å². The third-order valence-electron chi connectivity index (χ3n) is 1.31. The van der Waals surface area contributed by atoms with Crippen LogP contribution in [0.4, 0.5) is 0 Å². The zero-order valence-electron chi connectivity index (χ0n) is 6.30. The summed E-state index contributed by atoms with van der Waals surface area (Å²) in [4.78, 5) is 0.438. The lowest BCUT2D eigenvalue weighted by Crippen LogP contribution is -1.90. The number of rotatable bonds is 5. The average molecular weight is 162 g/mol. The maximum atomic E-state index is 10.3. The van der Waals surface area contributed by atoms with Gasteiger partial charge in [0.25, 0.3) is 0 Å². The van der Waals surface area contributed by atoms with Gasteiger partial charge >= 0.3 is 0 Å². The molecule has 0 fully saturated rings. The summed E-state index contributed by atoms with van der Waals surface area (Å²) in [6.07, 6.45) is 3.89. The monoisotopic (exact) mass is 162 g/mol. The van der Waals surface area contributed by atoms with Gasteiger partial charge in [-0.25, -0.2) is 4.21 Å². The number of allylic oxidation sites excluding steroid dienone is 1. The van der Waals surface area contributed by atoms with Crippen LogP contribution in [-0.2, 0) is 11.1 Å². The summed E-state index contributed by atoms with van der Waals surface area (Å²) in [6, 6.07) is 0. The van der Waals surface area contributed by atoms with E-state index in [4.69, 9.17) is 4.55 Å². The van der Waals surface area contributed by atoms with E-state index in [1.807, 2.05) is 0 Å². The summed E-state index contributed by atoms with van der Waals surface area (Å²) in [5.41, 5.74) is 0. The van der Waals surface area contributed by atoms with Crippen molar-refractivity contribution in [1.29, 1.82) is 0 Å². The van der Waals surface area contributed by atoms with E-state index in [1.54, 1.807) is 0 Å². The second kappa shape index (κ2) is 5.62. The molecule has 0 aromatic heterocycles. The molecule has 0 saturated heterocycles. The fourth-order valence-corrected chi connectivity index (χ4v) is 0.978. The van der Waals surface area contributed by atoms with E-state index < -0.39 is 11.1 Å². The molecule has 0 aliphatic rings. The highest BCUT2D eigenvalue weighted by molar-refractivity contribution is 7.83. The molecule has 0 aromatic carbocycles. The van der Waals surface area contributed by atoms with Crippen LogP contribution in [0.1, 0.15) is 32.6 Å². The van der Waals surface area contributed by atoms with Crippen molar-refractivity contribution in [2.24, 2.45) is 0 Å². The van der Waals surface area contributed by atoms with Crippen LogP contribution in [0, 0.1) is 0 Å². The van der Waals surface area contributed by atoms with E-state index in [9.17, 15) is 4.21 Å². The second-order valence-corrected chi connectivity index (χ2v) is 3.32. The molecule has 0 saturated carbocycles. The smallest absolute Gasteiger partial charge is 0.181 e. The Bertz CT molecular complexity index is 132. The molecule has 3 heteroatoms. The lowest BCUT2D eigenvalue weighted by atomic mass is 10.2. The Morgan fingerprint density at radius 1 is 1.60 bits per heavy atom. The van der Waals surface area contributed by atoms with Gasteiger partial charge in [-0.1, -0.05) is 26.3 Å². The van der Waals surface area contributed by atoms with E-state index >= 15 is 0 Å². The van der Waals surface area contributed by atoms with E-state index in [2.05, 4.69) is 13.5 Å². The van der Waals surface area contributed by atoms with Crippen molar-refractivity contribution >= 4 is 11.1 Å². The van der Waals surface area contributed by atoms with E-state index in [0.717, 1.165) is 19.3 Å². The van der Waals surface area contributed by atoms with Crippen LogP contribution in [0.3, 0.4) is 0 Å². The molecule has 0 radical (unpaired) electrons. The van der Waals surface area contributed by atoms with Crippen LogP contribution in [0.2, 0.25) is 0 Å². The highest BCUT2D eigenvalue weighted by Gasteiger charge is 1.98. The molecule has 0 bridgehead atoms. The van der Waals surface area contributed by atoms with E-state index in [-0.39, 0.29) is 0 Å². The van der Waals surface area contributed by atoms with Crippen LogP contribution in [0.15, 0.2) is 11.5 Å². The zero-order chi connectivity index (χ0) is 7.98. The van der Waals surface area contributed by atoms with Crippen molar-refractivity contribution < 1.29 is 8.76 Å². The number of hydrogen-bond donors (Lipinski definition) is 1. The Kier molecular flexibility index (Phi) is 5.54. The summed E-state index contributed by atoms with van der Waals surface area (Å²) in [6.45, 7) is 5.57. The molecule has 0 spiro atoms. The van der Waals surface area contributed by atoms with Crippen molar-refractivity contribution in [2.45, 2.75) is 32.6 Å². The van der Waals surface area contributed by atoms with Gasteiger partial charge in [-0.15, -0.1) is 0 Å². The van der Waals surface area contributed by atoms with Gasteiger partial charge in [0.1, 0.15) is 0 Å². The van der Waals surface area contributed by atoms with Crippen LogP contribution in [0.25, 0.3) is 0 Å². The second-order valence-electron chi connectivity index (χ2n) is 2.24. The summed E-state index contributed by atoms with van der Waals surface area (Å²) in [5, 5.41) is 0. The predicted octanol–water partition coefficient (Wildman–Crippen LogP) is 2.30. The van der Waals surface area contributed by atoms with Crippen LogP contribution >= 0.6 is 0 Å². The first kappa shape index (κ1) is 9.85. The molecule has 0 aliphatic carbocycles. The van der Waals surface area contributed by atoms with Crippen LogP contribution in [0.5, 0.6) is 0 Å². The van der Waals surface area contributed by atoms with Crippen molar-refractivity contribution in [3.63, 3.8) is 0 Å². The first-order chi connectivity index (χ1) is 4.68. The summed E-state index contributed by atoms with van der Waals surface area (Å²) >= 11 is -1.81. The first-order valence-corrected chi connectivity index (χ1v) is 4.57. The maximum absolute atomic E-state index is 10.3. The van der Waals surface area contributed by atoms with E-state index in [0.29, 0.717) is 11.3 Å². The van der Waals surface area contributed by atoms with Crippen LogP contribution in [-0.4, -0.2) is 8.76 Å². The Morgan fingerprint density at radius 2 is 2.20 bits per heavy atom. The molecule has 1 unspecified atom stereocenters. The molecule has 1 N–H and O–H groups in total. The molecule has 1 atom stereocenters. The van der Waals surface area contributed by atoms with Gasteiger partial charge in [0.05, 0.1) is 0 Å². The third-order valence-corrected chi connectivity index (χ3v) is 2.00. The molecular weight excluding hydrogens is 148 g/mol. The molecule has 0 rings (SSSR count). The lowest BCUT2D eigenvalue weighted by molar-refractivity contribution is 0.567. The van der Waals surface area contributed by atoms with Crippen molar-refractivity contribution in [3.05, 3.63) is 11.5 Å². The molecule has 0 aliphatic heterocycles. The number of unbranched alkanes of at least 4 members (excludes halogenated alkanes) is 2. The standard InChI is InChI=1S/C7H14O2S/c1-3-4-5-6-7(2)10(8)9/h2-6H2,1H3,(H,8,9). The van der Waals surface area contributed by atoms with Crippen LogP contribution < -0.4 is 0 Å². The van der Waals surface area contributed by atoms with Gasteiger partial charge in [-0.05, 0) is 12.8 Å². The van der Waals surface area contributed by atoms with Crippen molar-refractivity contribution in [2.75, 3.05) is 0 Å². The molecule has 60 valence electrons. The van der Waals surface area contributed by atoms with Crippen molar-refractivity contribution in [3.8, 4) is 0 Å². The predicted molar refractivity (Wildman–Crippen MR) is 44.1 cm³/mol. The minimum absolute atomic E-state index is 0.438. The SMILES string of the molecule is C=C(CCCCC)S(=O)O. The molecular formula is C7H14O2S. The average Bonchev–Trinajstić information content (AvgIpc) is 1.88. The summed E-state index contributed by atoms with van der Waals surface area (Å²) in [7, 11) is 0. The fourth-order valence-electron chi connectivity index (χ4n) is 0.659. The molecule has 0 aromatic rings. The molecule has 0 amide bonds. The van der Waals surface area contributed by atoms with E-state index in [1.165, 1.54) is 0 Å². The zero-order valence-corrected chi connectivity index (χ0v) is 7.12. The summed E-state index contributed by atoms with van der Waals surface area (Å²) in [5.74, 6) is 0. The largest absolute Gasteiger partial charge is 0.303 e. The Morgan fingerprint density at radius 3 is 2.60 bits per heavy atom. The minimum Gasteiger partial charge on any atom is -0.303 e. The molecule has 0 heterocycles. The normalized spacial score (nSPS) is 13.0. The van der Waals surface area contributed by atoms with Crippen molar-refractivity contribution in [1.82, 2.24) is 0 Å². The van der Waals surface area contributed by atoms with Gasteiger partial charge in [0, 0.05) is 4.91 Å². The van der Waals surface area contributed by atoms with Gasteiger partial charge in [-0.3, -0.25) is 0 Å². The maximum Gasteiger partial charge on any atom is 0.181 e. The highest BCUT2D eigenvalue weighted by Crippen LogP contribution is 2.08. The van der Waals surface area contributed by atoms with Gasteiger partial charge in [0.2, 0.25) is 0 Å². The molecule has 2 nitrogen and oxygen atoms in total. The quantitative estimate of drug-likeness (QED) is 0.497. The Labute approximate surface area is 64.6 Å². The Balaban J connectivity index is 3.31. The summed E-state index contributed by atoms with van der Waals surface area (Å²) < 4.78 is 18.8.